The lowest BCUT2D eigenvalue weighted by Gasteiger charge is -2.17. The first-order valence-corrected chi connectivity index (χ1v) is 5.88. The molecule has 1 amide bonds. The third-order valence-corrected chi connectivity index (χ3v) is 2.73. The number of terminal acetylenes is 1. The van der Waals surface area contributed by atoms with E-state index in [-0.39, 0.29) is 13.0 Å². The monoisotopic (exact) mass is 272 g/mol. The number of carboxylic acid groups (broad SMARTS) is 1. The van der Waals surface area contributed by atoms with Gasteiger partial charge in [0.05, 0.1) is 13.0 Å². The molecule has 0 unspecified atom stereocenters. The summed E-state index contributed by atoms with van der Waals surface area (Å²) >= 11 is 0. The molecule has 0 spiro atoms. The zero-order valence-corrected chi connectivity index (χ0v) is 10.6. The van der Waals surface area contributed by atoms with Gasteiger partial charge in [0, 0.05) is 5.39 Å². The Bertz CT molecular complexity index is 684. The maximum atomic E-state index is 12.1. The second-order valence-electron chi connectivity index (χ2n) is 4.15. The molecule has 6 heteroatoms. The van der Waals surface area contributed by atoms with Gasteiger partial charge in [-0.15, -0.1) is 6.42 Å². The number of carbonyl (C=O) groups excluding carboxylic acids is 1. The van der Waals surface area contributed by atoms with Crippen LogP contribution in [-0.2, 0) is 16.0 Å². The van der Waals surface area contributed by atoms with E-state index in [0.29, 0.717) is 11.3 Å². The Morgan fingerprint density at radius 1 is 1.40 bits per heavy atom. The minimum Gasteiger partial charge on any atom is -0.480 e. The second kappa shape index (κ2) is 5.89. The molecule has 0 fully saturated rings. The van der Waals surface area contributed by atoms with Crippen molar-refractivity contribution >= 4 is 22.8 Å². The van der Waals surface area contributed by atoms with Crippen LogP contribution in [0.5, 0.6) is 0 Å². The number of hydrogen-bond donors (Lipinski definition) is 1. The molecule has 1 N–H and O–H groups in total. The maximum Gasteiger partial charge on any atom is 0.323 e. The first kappa shape index (κ1) is 13.6. The van der Waals surface area contributed by atoms with Crippen molar-refractivity contribution in [2.24, 2.45) is 0 Å². The van der Waals surface area contributed by atoms with E-state index in [1.807, 2.05) is 6.07 Å². The van der Waals surface area contributed by atoms with Crippen molar-refractivity contribution in [1.29, 1.82) is 0 Å². The van der Waals surface area contributed by atoms with Crippen LogP contribution in [-0.4, -0.2) is 40.1 Å². The number of amides is 1. The lowest BCUT2D eigenvalue weighted by atomic mass is 10.1. The van der Waals surface area contributed by atoms with Crippen LogP contribution in [0.1, 0.15) is 5.69 Å². The Balaban J connectivity index is 2.17. The molecule has 0 aliphatic heterocycles. The van der Waals surface area contributed by atoms with Gasteiger partial charge in [-0.05, 0) is 12.1 Å². The van der Waals surface area contributed by atoms with E-state index >= 15 is 0 Å². The largest absolute Gasteiger partial charge is 0.480 e. The van der Waals surface area contributed by atoms with Crippen molar-refractivity contribution in [3.05, 3.63) is 30.0 Å². The van der Waals surface area contributed by atoms with Gasteiger partial charge in [-0.25, -0.2) is 0 Å². The Kier molecular flexibility index (Phi) is 4.01. The molecule has 102 valence electrons. The van der Waals surface area contributed by atoms with E-state index in [1.165, 1.54) is 0 Å². The van der Waals surface area contributed by atoms with Crippen molar-refractivity contribution in [1.82, 2.24) is 10.1 Å². The highest BCUT2D eigenvalue weighted by molar-refractivity contribution is 5.87. The maximum absolute atomic E-state index is 12.1. The Morgan fingerprint density at radius 2 is 2.15 bits per heavy atom. The molecular formula is C14H12N2O4. The van der Waals surface area contributed by atoms with Crippen LogP contribution in [0.25, 0.3) is 11.0 Å². The van der Waals surface area contributed by atoms with Gasteiger partial charge in [0.2, 0.25) is 5.91 Å². The van der Waals surface area contributed by atoms with Crippen molar-refractivity contribution in [3.63, 3.8) is 0 Å². The summed E-state index contributed by atoms with van der Waals surface area (Å²) in [5.41, 5.74) is 1.05. The Hall–Kier alpha value is -2.81. The topological polar surface area (TPSA) is 83.6 Å². The Labute approximate surface area is 115 Å². The standard InChI is InChI=1S/C14H12N2O4/c1-2-7-16(9-14(18)19)13(17)8-11-10-5-3-4-6-12(10)20-15-11/h1,3-6H,7-9H2,(H,18,19). The smallest absolute Gasteiger partial charge is 0.323 e. The van der Waals surface area contributed by atoms with Gasteiger partial charge >= 0.3 is 5.97 Å². The third kappa shape index (κ3) is 2.95. The molecule has 0 saturated heterocycles. The molecule has 0 radical (unpaired) electrons. The number of aliphatic carboxylic acids is 1. The normalized spacial score (nSPS) is 10.2. The van der Waals surface area contributed by atoms with E-state index in [0.717, 1.165) is 10.3 Å². The molecule has 0 aliphatic carbocycles. The van der Waals surface area contributed by atoms with Crippen LogP contribution >= 0.6 is 0 Å². The number of carbonyl (C=O) groups is 2. The van der Waals surface area contributed by atoms with Crippen LogP contribution in [0, 0.1) is 12.3 Å². The van der Waals surface area contributed by atoms with E-state index in [4.69, 9.17) is 16.1 Å². The average Bonchev–Trinajstić information content (AvgIpc) is 2.81. The number of nitrogens with zero attached hydrogens (tertiary/aromatic N) is 2. The summed E-state index contributed by atoms with van der Waals surface area (Å²) in [6.07, 6.45) is 5.09. The minimum absolute atomic E-state index is 0.0496. The zero-order valence-electron chi connectivity index (χ0n) is 10.6. The van der Waals surface area contributed by atoms with Crippen LogP contribution < -0.4 is 0 Å². The molecule has 20 heavy (non-hydrogen) atoms. The fraction of sp³-hybridized carbons (Fsp3) is 0.214. The number of fused-ring (bicyclic) bond motifs is 1. The van der Waals surface area contributed by atoms with Gasteiger partial charge < -0.3 is 14.5 Å². The molecule has 0 atom stereocenters. The molecule has 2 aromatic rings. The fourth-order valence-electron chi connectivity index (χ4n) is 1.83. The molecule has 1 aromatic carbocycles. The predicted octanol–water partition coefficient (Wildman–Crippen LogP) is 0.917. The summed E-state index contributed by atoms with van der Waals surface area (Å²) in [7, 11) is 0. The summed E-state index contributed by atoms with van der Waals surface area (Å²) in [4.78, 5) is 23.9. The molecule has 6 nitrogen and oxygen atoms in total. The number of aromatic nitrogens is 1. The summed E-state index contributed by atoms with van der Waals surface area (Å²) in [6, 6.07) is 7.14. The van der Waals surface area contributed by atoms with Gasteiger partial charge in [-0.1, -0.05) is 23.2 Å². The molecular weight excluding hydrogens is 260 g/mol. The van der Waals surface area contributed by atoms with Crippen LogP contribution in [0.4, 0.5) is 0 Å². The highest BCUT2D eigenvalue weighted by atomic mass is 16.5. The quantitative estimate of drug-likeness (QED) is 0.818. The molecule has 2 rings (SSSR count). The zero-order chi connectivity index (χ0) is 14.5. The molecule has 0 aliphatic rings. The lowest BCUT2D eigenvalue weighted by molar-refractivity contribution is -0.143. The average molecular weight is 272 g/mol. The summed E-state index contributed by atoms with van der Waals surface area (Å²) in [6.45, 7) is -0.486. The second-order valence-corrected chi connectivity index (χ2v) is 4.15. The number of rotatable bonds is 5. The van der Waals surface area contributed by atoms with Gasteiger partial charge in [0.1, 0.15) is 12.2 Å². The number of benzene rings is 1. The first-order valence-electron chi connectivity index (χ1n) is 5.88. The molecule has 1 aromatic heterocycles. The van der Waals surface area contributed by atoms with Crippen LogP contribution in [0.3, 0.4) is 0 Å². The van der Waals surface area contributed by atoms with Crippen molar-refractivity contribution in [2.45, 2.75) is 6.42 Å². The van der Waals surface area contributed by atoms with E-state index in [1.54, 1.807) is 18.2 Å². The Morgan fingerprint density at radius 3 is 2.85 bits per heavy atom. The van der Waals surface area contributed by atoms with E-state index in [9.17, 15) is 9.59 Å². The SMILES string of the molecule is C#CCN(CC(=O)O)C(=O)Cc1noc2ccccc12. The number of para-hydroxylation sites is 1. The van der Waals surface area contributed by atoms with Gasteiger partial charge in [0.15, 0.2) is 5.58 Å². The third-order valence-electron chi connectivity index (χ3n) is 2.73. The molecule has 1 heterocycles. The first-order chi connectivity index (χ1) is 9.61. The summed E-state index contributed by atoms with van der Waals surface area (Å²) in [5.74, 6) is 0.758. The highest BCUT2D eigenvalue weighted by Crippen LogP contribution is 2.18. The van der Waals surface area contributed by atoms with Crippen molar-refractivity contribution < 1.29 is 19.2 Å². The highest BCUT2D eigenvalue weighted by Gasteiger charge is 2.19. The van der Waals surface area contributed by atoms with Gasteiger partial charge in [-0.2, -0.15) is 0 Å². The van der Waals surface area contributed by atoms with Gasteiger partial charge in [-0.3, -0.25) is 9.59 Å². The number of hydrogen-bond acceptors (Lipinski definition) is 4. The van der Waals surface area contributed by atoms with Crippen LogP contribution in [0.15, 0.2) is 28.8 Å². The van der Waals surface area contributed by atoms with E-state index in [2.05, 4.69) is 11.1 Å². The molecule has 0 saturated carbocycles. The molecule has 0 bridgehead atoms. The summed E-state index contributed by atoms with van der Waals surface area (Å²) < 4.78 is 5.09. The van der Waals surface area contributed by atoms with Crippen LogP contribution in [0.2, 0.25) is 0 Å². The van der Waals surface area contributed by atoms with Gasteiger partial charge in [0.25, 0.3) is 0 Å². The minimum atomic E-state index is -1.11. The van der Waals surface area contributed by atoms with E-state index < -0.39 is 18.4 Å². The van der Waals surface area contributed by atoms with Crippen molar-refractivity contribution in [3.8, 4) is 12.3 Å². The fourth-order valence-corrected chi connectivity index (χ4v) is 1.83. The number of carboxylic acids is 1. The lowest BCUT2D eigenvalue weighted by Crippen LogP contribution is -2.37. The van der Waals surface area contributed by atoms with Crippen molar-refractivity contribution in [2.75, 3.05) is 13.1 Å². The summed E-state index contributed by atoms with van der Waals surface area (Å²) in [5, 5.41) is 13.3. The predicted molar refractivity (Wildman–Crippen MR) is 70.8 cm³/mol.